The van der Waals surface area contributed by atoms with E-state index in [1.54, 1.807) is 12.2 Å². The van der Waals surface area contributed by atoms with Crippen molar-refractivity contribution in [1.29, 1.82) is 0 Å². The van der Waals surface area contributed by atoms with E-state index < -0.39 is 36.0 Å². The van der Waals surface area contributed by atoms with Gasteiger partial charge >= 0.3 is 11.9 Å². The van der Waals surface area contributed by atoms with Gasteiger partial charge in [0.15, 0.2) is 0 Å². The number of methoxy groups -OCH3 is 1. The Morgan fingerprint density at radius 2 is 1.86 bits per heavy atom. The molecule has 76 valence electrons. The van der Waals surface area contributed by atoms with Crippen molar-refractivity contribution in [2.45, 2.75) is 12.2 Å². The molecule has 14 heavy (non-hydrogen) atoms. The van der Waals surface area contributed by atoms with Gasteiger partial charge in [-0.05, 0) is 0 Å². The van der Waals surface area contributed by atoms with Crippen LogP contribution in [0.2, 0.25) is 0 Å². The summed E-state index contributed by atoms with van der Waals surface area (Å²) < 4.78 is 9.84. The first-order chi connectivity index (χ1) is 6.65. The molecule has 5 heteroatoms. The molecule has 4 atom stereocenters. The fraction of sp³-hybridized carbons (Fsp3) is 0.556. The third-order valence-electron chi connectivity index (χ3n) is 2.66. The fourth-order valence-electron chi connectivity index (χ4n) is 2.02. The number of rotatable bonds is 2. The minimum absolute atomic E-state index is 0.437. The standard InChI is InChI=1S/C9H10O5/c1-13-9(12)7-5-3-2-4(14-5)6(7)8(10)11/h2-7H,1H3,(H,10,11). The van der Waals surface area contributed by atoms with Crippen LogP contribution in [0.5, 0.6) is 0 Å². The summed E-state index contributed by atoms with van der Waals surface area (Å²) in [5.41, 5.74) is 0. The van der Waals surface area contributed by atoms with Crippen molar-refractivity contribution in [2.75, 3.05) is 7.11 Å². The first-order valence-corrected chi connectivity index (χ1v) is 4.29. The number of aliphatic carboxylic acids is 1. The number of hydrogen-bond donors (Lipinski definition) is 1. The van der Waals surface area contributed by atoms with E-state index in [0.717, 1.165) is 0 Å². The highest BCUT2D eigenvalue weighted by atomic mass is 16.5. The van der Waals surface area contributed by atoms with Gasteiger partial charge in [-0.1, -0.05) is 12.2 Å². The minimum atomic E-state index is -1.02. The number of carbonyl (C=O) groups excluding carboxylic acids is 1. The van der Waals surface area contributed by atoms with E-state index in [9.17, 15) is 9.59 Å². The van der Waals surface area contributed by atoms with Crippen LogP contribution in [-0.4, -0.2) is 36.4 Å². The van der Waals surface area contributed by atoms with Crippen molar-refractivity contribution in [3.63, 3.8) is 0 Å². The van der Waals surface area contributed by atoms with Crippen molar-refractivity contribution in [3.05, 3.63) is 12.2 Å². The number of fused-ring (bicyclic) bond motifs is 2. The largest absolute Gasteiger partial charge is 0.481 e. The number of carboxylic acid groups (broad SMARTS) is 1. The second-order valence-electron chi connectivity index (χ2n) is 3.36. The molecule has 4 unspecified atom stereocenters. The van der Waals surface area contributed by atoms with Crippen LogP contribution in [0, 0.1) is 11.8 Å². The van der Waals surface area contributed by atoms with Crippen molar-refractivity contribution in [1.82, 2.24) is 0 Å². The molecule has 2 heterocycles. The lowest BCUT2D eigenvalue weighted by molar-refractivity contribution is -0.154. The summed E-state index contributed by atoms with van der Waals surface area (Å²) >= 11 is 0. The Hall–Kier alpha value is -1.36. The van der Waals surface area contributed by atoms with E-state index in [4.69, 9.17) is 9.84 Å². The SMILES string of the molecule is COC(=O)C1C2C=CC(O2)C1C(=O)O. The van der Waals surface area contributed by atoms with Gasteiger partial charge < -0.3 is 14.6 Å². The lowest BCUT2D eigenvalue weighted by Crippen LogP contribution is -2.36. The predicted molar refractivity (Wildman–Crippen MR) is 44.4 cm³/mol. The zero-order valence-corrected chi connectivity index (χ0v) is 7.54. The molecule has 0 aromatic rings. The molecule has 0 spiro atoms. The molecule has 5 nitrogen and oxygen atoms in total. The maximum absolute atomic E-state index is 11.3. The molecular weight excluding hydrogens is 188 g/mol. The second kappa shape index (κ2) is 3.09. The molecule has 1 N–H and O–H groups in total. The van der Waals surface area contributed by atoms with Gasteiger partial charge in [-0.15, -0.1) is 0 Å². The van der Waals surface area contributed by atoms with Crippen molar-refractivity contribution in [3.8, 4) is 0 Å². The summed E-state index contributed by atoms with van der Waals surface area (Å²) in [6.07, 6.45) is 2.48. The summed E-state index contributed by atoms with van der Waals surface area (Å²) in [4.78, 5) is 22.2. The average Bonchev–Trinajstić information content (AvgIpc) is 2.74. The summed E-state index contributed by atoms with van der Waals surface area (Å²) in [5.74, 6) is -3.04. The molecule has 0 amide bonds. The Morgan fingerprint density at radius 1 is 1.29 bits per heavy atom. The molecule has 0 aromatic carbocycles. The highest BCUT2D eigenvalue weighted by Crippen LogP contribution is 2.39. The Kier molecular flexibility index (Phi) is 2.03. The van der Waals surface area contributed by atoms with Crippen LogP contribution in [0.25, 0.3) is 0 Å². The van der Waals surface area contributed by atoms with Gasteiger partial charge in [0.25, 0.3) is 0 Å². The van der Waals surface area contributed by atoms with Crippen LogP contribution in [0.4, 0.5) is 0 Å². The van der Waals surface area contributed by atoms with Crippen molar-refractivity contribution < 1.29 is 24.2 Å². The molecule has 2 rings (SSSR count). The minimum Gasteiger partial charge on any atom is -0.481 e. The summed E-state index contributed by atoms with van der Waals surface area (Å²) in [5, 5.41) is 8.93. The molecule has 0 saturated carbocycles. The van der Waals surface area contributed by atoms with Gasteiger partial charge in [-0.25, -0.2) is 0 Å². The zero-order valence-electron chi connectivity index (χ0n) is 7.54. The number of hydrogen-bond acceptors (Lipinski definition) is 4. The highest BCUT2D eigenvalue weighted by Gasteiger charge is 2.53. The summed E-state index contributed by atoms with van der Waals surface area (Å²) in [7, 11) is 1.25. The number of ether oxygens (including phenoxy) is 2. The highest BCUT2D eigenvalue weighted by molar-refractivity contribution is 5.83. The molecule has 0 aliphatic carbocycles. The van der Waals surface area contributed by atoms with Gasteiger partial charge in [0.2, 0.25) is 0 Å². The second-order valence-corrected chi connectivity index (χ2v) is 3.36. The van der Waals surface area contributed by atoms with Gasteiger partial charge in [0.1, 0.15) is 11.8 Å². The van der Waals surface area contributed by atoms with E-state index in [1.807, 2.05) is 0 Å². The first-order valence-electron chi connectivity index (χ1n) is 4.29. The lowest BCUT2D eigenvalue weighted by Gasteiger charge is -2.18. The zero-order chi connectivity index (χ0) is 10.3. The maximum Gasteiger partial charge on any atom is 0.312 e. The lowest BCUT2D eigenvalue weighted by atomic mass is 9.83. The van der Waals surface area contributed by atoms with E-state index >= 15 is 0 Å². The number of esters is 1. The molecule has 0 radical (unpaired) electrons. The van der Waals surface area contributed by atoms with Gasteiger partial charge in [0, 0.05) is 0 Å². The van der Waals surface area contributed by atoms with E-state index in [2.05, 4.69) is 4.74 Å². The Bertz CT molecular complexity index is 308. The van der Waals surface area contributed by atoms with Gasteiger partial charge in [0.05, 0.1) is 19.3 Å². The van der Waals surface area contributed by atoms with Crippen LogP contribution in [0.1, 0.15) is 0 Å². The van der Waals surface area contributed by atoms with E-state index in [-0.39, 0.29) is 0 Å². The van der Waals surface area contributed by atoms with Crippen LogP contribution < -0.4 is 0 Å². The van der Waals surface area contributed by atoms with Crippen LogP contribution in [0.15, 0.2) is 12.2 Å². The van der Waals surface area contributed by atoms with Crippen LogP contribution in [-0.2, 0) is 19.1 Å². The van der Waals surface area contributed by atoms with E-state index in [0.29, 0.717) is 0 Å². The first kappa shape index (κ1) is 9.21. The van der Waals surface area contributed by atoms with E-state index in [1.165, 1.54) is 7.11 Å². The van der Waals surface area contributed by atoms with Crippen LogP contribution >= 0.6 is 0 Å². The maximum atomic E-state index is 11.3. The Balaban J connectivity index is 2.26. The molecule has 2 aliphatic heterocycles. The van der Waals surface area contributed by atoms with Crippen molar-refractivity contribution in [2.24, 2.45) is 11.8 Å². The smallest absolute Gasteiger partial charge is 0.312 e. The molecule has 1 saturated heterocycles. The van der Waals surface area contributed by atoms with Crippen molar-refractivity contribution >= 4 is 11.9 Å². The molecular formula is C9H10O5. The molecule has 2 bridgehead atoms. The Morgan fingerprint density at radius 3 is 2.36 bits per heavy atom. The third kappa shape index (κ3) is 1.13. The average molecular weight is 198 g/mol. The summed E-state index contributed by atoms with van der Waals surface area (Å²) in [6.45, 7) is 0. The van der Waals surface area contributed by atoms with Gasteiger partial charge in [-0.3, -0.25) is 9.59 Å². The molecule has 1 fully saturated rings. The monoisotopic (exact) mass is 198 g/mol. The Labute approximate surface area is 80.3 Å². The molecule has 0 aromatic heterocycles. The molecule has 2 aliphatic rings. The number of carboxylic acids is 1. The fourth-order valence-corrected chi connectivity index (χ4v) is 2.02. The van der Waals surface area contributed by atoms with Crippen LogP contribution in [0.3, 0.4) is 0 Å². The summed E-state index contributed by atoms with van der Waals surface area (Å²) in [6, 6.07) is 0. The topological polar surface area (TPSA) is 72.8 Å². The quantitative estimate of drug-likeness (QED) is 0.492. The third-order valence-corrected chi connectivity index (χ3v) is 2.66. The predicted octanol–water partition coefficient (Wildman–Crippen LogP) is -0.186. The van der Waals surface area contributed by atoms with Gasteiger partial charge in [-0.2, -0.15) is 0 Å². The normalized spacial score (nSPS) is 38.6. The number of carbonyl (C=O) groups is 2.